The van der Waals surface area contributed by atoms with Crippen molar-refractivity contribution in [3.63, 3.8) is 0 Å². The lowest BCUT2D eigenvalue weighted by Crippen LogP contribution is -2.40. The highest BCUT2D eigenvalue weighted by atomic mass is 19.4. The van der Waals surface area contributed by atoms with Crippen molar-refractivity contribution in [2.75, 3.05) is 0 Å². The number of aliphatic hydroxyl groups excluding tert-OH is 1. The predicted molar refractivity (Wildman–Crippen MR) is 62.8 cm³/mol. The summed E-state index contributed by atoms with van der Waals surface area (Å²) in [6.45, 7) is 4.10. The van der Waals surface area contributed by atoms with Crippen LogP contribution in [0.25, 0.3) is 0 Å². The van der Waals surface area contributed by atoms with Crippen LogP contribution in [0.4, 0.5) is 13.2 Å². The molecule has 2 N–H and O–H groups in total. The zero-order valence-electron chi connectivity index (χ0n) is 10.7. The summed E-state index contributed by atoms with van der Waals surface area (Å²) in [5.41, 5.74) is -1.97. The lowest BCUT2D eigenvalue weighted by atomic mass is 9.78. The van der Waals surface area contributed by atoms with Crippen LogP contribution in [0.3, 0.4) is 0 Å². The van der Waals surface area contributed by atoms with E-state index in [4.69, 9.17) is 5.11 Å². The lowest BCUT2D eigenvalue weighted by molar-refractivity contribution is -0.150. The Balaban J connectivity index is 3.34. The monoisotopic (exact) mass is 276 g/mol. The first-order chi connectivity index (χ1) is 8.48. The molecular formula is C13H15F3O3. The van der Waals surface area contributed by atoms with Gasteiger partial charge in [0.15, 0.2) is 6.10 Å². The Morgan fingerprint density at radius 2 is 1.79 bits per heavy atom. The van der Waals surface area contributed by atoms with Crippen molar-refractivity contribution >= 4 is 5.97 Å². The molecule has 106 valence electrons. The summed E-state index contributed by atoms with van der Waals surface area (Å²) >= 11 is 0. The van der Waals surface area contributed by atoms with Gasteiger partial charge in [0, 0.05) is 5.41 Å². The summed E-state index contributed by atoms with van der Waals surface area (Å²) in [4.78, 5) is 10.8. The molecule has 0 fully saturated rings. The number of carboxylic acids is 1. The molecule has 1 atom stereocenters. The molecule has 0 amide bonds. The molecule has 0 aliphatic heterocycles. The van der Waals surface area contributed by atoms with Crippen molar-refractivity contribution in [3.05, 3.63) is 34.9 Å². The van der Waals surface area contributed by atoms with E-state index in [-0.39, 0.29) is 11.1 Å². The number of carboxylic acid groups (broad SMARTS) is 1. The number of aliphatic carboxylic acids is 1. The Morgan fingerprint density at radius 3 is 2.21 bits per heavy atom. The van der Waals surface area contributed by atoms with Crippen LogP contribution < -0.4 is 0 Å². The van der Waals surface area contributed by atoms with Crippen molar-refractivity contribution in [1.29, 1.82) is 0 Å². The van der Waals surface area contributed by atoms with Crippen LogP contribution in [0.5, 0.6) is 0 Å². The van der Waals surface area contributed by atoms with E-state index in [0.29, 0.717) is 0 Å². The van der Waals surface area contributed by atoms with Gasteiger partial charge in [-0.05, 0) is 24.1 Å². The van der Waals surface area contributed by atoms with Crippen LogP contribution in [0.1, 0.15) is 30.5 Å². The van der Waals surface area contributed by atoms with Crippen LogP contribution in [0.2, 0.25) is 0 Å². The number of aliphatic hydroxyl groups is 1. The van der Waals surface area contributed by atoms with Gasteiger partial charge in [0.25, 0.3) is 0 Å². The maximum atomic E-state index is 12.8. The highest BCUT2D eigenvalue weighted by Crippen LogP contribution is 2.36. The molecule has 0 aliphatic rings. The van der Waals surface area contributed by atoms with E-state index < -0.39 is 29.2 Å². The first kappa shape index (κ1) is 15.5. The van der Waals surface area contributed by atoms with Gasteiger partial charge >= 0.3 is 12.1 Å². The van der Waals surface area contributed by atoms with Crippen LogP contribution in [0.15, 0.2) is 18.2 Å². The fourth-order valence-corrected chi connectivity index (χ4v) is 1.79. The van der Waals surface area contributed by atoms with E-state index >= 15 is 0 Å². The highest BCUT2D eigenvalue weighted by molar-refractivity contribution is 5.74. The second-order valence-electron chi connectivity index (χ2n) is 4.99. The lowest BCUT2D eigenvalue weighted by Gasteiger charge is -2.29. The molecule has 1 aromatic carbocycles. The Kier molecular flexibility index (Phi) is 3.95. The van der Waals surface area contributed by atoms with E-state index in [1.54, 1.807) is 0 Å². The minimum Gasteiger partial charge on any atom is -0.479 e. The molecule has 3 nitrogen and oxygen atoms in total. The zero-order valence-corrected chi connectivity index (χ0v) is 10.7. The fourth-order valence-electron chi connectivity index (χ4n) is 1.79. The second kappa shape index (κ2) is 4.85. The minimum absolute atomic E-state index is 0.0527. The van der Waals surface area contributed by atoms with Crippen LogP contribution in [-0.2, 0) is 16.4 Å². The molecule has 0 saturated carbocycles. The topological polar surface area (TPSA) is 57.5 Å². The van der Waals surface area contributed by atoms with E-state index in [0.717, 1.165) is 6.07 Å². The van der Waals surface area contributed by atoms with Gasteiger partial charge in [-0.3, -0.25) is 0 Å². The third kappa shape index (κ3) is 3.07. The zero-order chi connectivity index (χ0) is 15.0. The second-order valence-corrected chi connectivity index (χ2v) is 4.99. The molecule has 1 aromatic rings. The number of benzene rings is 1. The molecule has 0 radical (unpaired) electrons. The van der Waals surface area contributed by atoms with Crippen LogP contribution in [0, 0.1) is 6.92 Å². The maximum Gasteiger partial charge on any atom is 0.416 e. The summed E-state index contributed by atoms with van der Waals surface area (Å²) in [5.74, 6) is -1.47. The number of hydrogen-bond donors (Lipinski definition) is 2. The highest BCUT2D eigenvalue weighted by Gasteiger charge is 2.38. The molecule has 0 heterocycles. The molecule has 6 heteroatoms. The largest absolute Gasteiger partial charge is 0.479 e. The van der Waals surface area contributed by atoms with Gasteiger partial charge in [-0.2, -0.15) is 13.2 Å². The molecule has 1 rings (SSSR count). The molecule has 0 aromatic heterocycles. The van der Waals surface area contributed by atoms with Crippen molar-refractivity contribution < 1.29 is 28.2 Å². The van der Waals surface area contributed by atoms with Gasteiger partial charge in [0.1, 0.15) is 0 Å². The summed E-state index contributed by atoms with van der Waals surface area (Å²) < 4.78 is 38.4. The van der Waals surface area contributed by atoms with E-state index in [1.807, 2.05) is 0 Å². The van der Waals surface area contributed by atoms with Crippen molar-refractivity contribution in [1.82, 2.24) is 0 Å². The molecule has 0 saturated heterocycles. The van der Waals surface area contributed by atoms with Crippen LogP contribution >= 0.6 is 0 Å². The average molecular weight is 276 g/mol. The molecule has 19 heavy (non-hydrogen) atoms. The quantitative estimate of drug-likeness (QED) is 0.892. The van der Waals surface area contributed by atoms with E-state index in [1.165, 1.54) is 32.9 Å². The minimum atomic E-state index is -4.51. The van der Waals surface area contributed by atoms with Crippen LogP contribution in [-0.4, -0.2) is 22.3 Å². The summed E-state index contributed by atoms with van der Waals surface area (Å²) in [6.07, 6.45) is -6.29. The fraction of sp³-hybridized carbons (Fsp3) is 0.462. The number of halogens is 3. The van der Waals surface area contributed by atoms with Gasteiger partial charge in [-0.15, -0.1) is 0 Å². The molecular weight excluding hydrogens is 261 g/mol. The summed E-state index contributed by atoms with van der Waals surface area (Å²) in [7, 11) is 0. The maximum absolute atomic E-state index is 12.8. The standard InChI is InChI=1S/C13H15F3O3/c1-7-4-5-8(6-9(7)13(14,15)16)12(2,3)10(17)11(18)19/h4-6,10,17H,1-3H3,(H,18,19). The van der Waals surface area contributed by atoms with E-state index in [9.17, 15) is 23.1 Å². The number of aryl methyl sites for hydroxylation is 1. The van der Waals surface area contributed by atoms with E-state index in [2.05, 4.69) is 0 Å². The Morgan fingerprint density at radius 1 is 1.26 bits per heavy atom. The third-order valence-electron chi connectivity index (χ3n) is 3.20. The van der Waals surface area contributed by atoms with Gasteiger partial charge < -0.3 is 10.2 Å². The Bertz CT molecular complexity index is 492. The summed E-state index contributed by atoms with van der Waals surface area (Å²) in [5, 5.41) is 18.4. The van der Waals surface area contributed by atoms with Crippen molar-refractivity contribution in [3.8, 4) is 0 Å². The third-order valence-corrected chi connectivity index (χ3v) is 3.20. The number of carbonyl (C=O) groups is 1. The van der Waals surface area contributed by atoms with Gasteiger partial charge in [-0.25, -0.2) is 4.79 Å². The summed E-state index contributed by atoms with van der Waals surface area (Å²) in [6, 6.07) is 3.56. The normalized spacial score (nSPS) is 14.3. The number of rotatable bonds is 3. The molecule has 0 bridgehead atoms. The van der Waals surface area contributed by atoms with Gasteiger partial charge in [0.05, 0.1) is 5.56 Å². The first-order valence-electron chi connectivity index (χ1n) is 5.57. The van der Waals surface area contributed by atoms with Gasteiger partial charge in [0.2, 0.25) is 0 Å². The average Bonchev–Trinajstić information content (AvgIpc) is 2.26. The van der Waals surface area contributed by atoms with Crippen molar-refractivity contribution in [2.45, 2.75) is 38.5 Å². The predicted octanol–water partition coefficient (Wildman–Crippen LogP) is 2.74. The number of alkyl halides is 3. The first-order valence-corrected chi connectivity index (χ1v) is 5.57. The number of hydrogen-bond acceptors (Lipinski definition) is 2. The van der Waals surface area contributed by atoms with Gasteiger partial charge in [-0.1, -0.05) is 26.0 Å². The molecule has 0 aliphatic carbocycles. The molecule has 0 spiro atoms. The SMILES string of the molecule is Cc1ccc(C(C)(C)C(O)C(=O)O)cc1C(F)(F)F. The Hall–Kier alpha value is -1.56. The van der Waals surface area contributed by atoms with Crippen molar-refractivity contribution in [2.24, 2.45) is 0 Å². The smallest absolute Gasteiger partial charge is 0.416 e. The Labute approximate surface area is 108 Å². The molecule has 1 unspecified atom stereocenters.